The third-order valence-electron chi connectivity index (χ3n) is 6.62. The number of para-hydroxylation sites is 1. The van der Waals surface area contributed by atoms with E-state index in [0.717, 1.165) is 36.1 Å². The molecule has 0 bridgehead atoms. The Morgan fingerprint density at radius 1 is 0.829 bits per heavy atom. The normalized spacial score (nSPS) is 14.4. The van der Waals surface area contributed by atoms with Gasteiger partial charge in [0.05, 0.1) is 6.54 Å². The van der Waals surface area contributed by atoms with E-state index in [0.29, 0.717) is 36.5 Å². The van der Waals surface area contributed by atoms with Crippen molar-refractivity contribution >= 4 is 22.7 Å². The molecule has 0 saturated carbocycles. The Balaban J connectivity index is 1.31. The van der Waals surface area contributed by atoms with Gasteiger partial charge < -0.3 is 15.2 Å². The summed E-state index contributed by atoms with van der Waals surface area (Å²) in [5.41, 5.74) is 8.95. The number of fused-ring (bicyclic) bond motifs is 1. The highest BCUT2D eigenvalue weighted by Crippen LogP contribution is 2.24. The Hall–Kier alpha value is -3.97. The molecule has 178 valence electrons. The molecule has 0 atom stereocenters. The lowest BCUT2D eigenvalue weighted by Crippen LogP contribution is -2.48. The quantitative estimate of drug-likeness (QED) is 0.465. The van der Waals surface area contributed by atoms with E-state index in [4.69, 9.17) is 5.73 Å². The highest BCUT2D eigenvalue weighted by atomic mass is 19.1. The van der Waals surface area contributed by atoms with Crippen molar-refractivity contribution in [2.75, 3.05) is 26.2 Å². The minimum atomic E-state index is -0.434. The number of amides is 2. The summed E-state index contributed by atoms with van der Waals surface area (Å²) in [6.07, 6.45) is 0. The number of hydrogen-bond acceptors (Lipinski definition) is 3. The van der Waals surface area contributed by atoms with Crippen molar-refractivity contribution in [1.82, 2.24) is 14.4 Å². The third-order valence-corrected chi connectivity index (χ3v) is 6.62. The van der Waals surface area contributed by atoms with Crippen LogP contribution in [0.5, 0.6) is 0 Å². The number of nitrogens with two attached hydrogens (primary N) is 1. The largest absolute Gasteiger partial charge is 0.366 e. The van der Waals surface area contributed by atoms with E-state index in [-0.39, 0.29) is 11.7 Å². The van der Waals surface area contributed by atoms with E-state index in [1.165, 1.54) is 6.07 Å². The second kappa shape index (κ2) is 9.72. The number of aromatic nitrogens is 1. The summed E-state index contributed by atoms with van der Waals surface area (Å²) in [5, 5.41) is 0.963. The molecule has 0 spiro atoms. The zero-order chi connectivity index (χ0) is 24.4. The molecule has 1 saturated heterocycles. The molecule has 0 radical (unpaired) electrons. The highest BCUT2D eigenvalue weighted by molar-refractivity contribution is 5.99. The van der Waals surface area contributed by atoms with Crippen LogP contribution in [0.15, 0.2) is 78.9 Å². The Labute approximate surface area is 203 Å². The molecule has 5 rings (SSSR count). The molecule has 4 aromatic rings. The van der Waals surface area contributed by atoms with Crippen LogP contribution in [-0.4, -0.2) is 52.4 Å². The fourth-order valence-electron chi connectivity index (χ4n) is 4.66. The maximum atomic E-state index is 14.4. The van der Waals surface area contributed by atoms with Crippen molar-refractivity contribution in [1.29, 1.82) is 0 Å². The SMILES string of the molecule is NC(=O)c1ccc(CN2CCN(C(=O)c3cc4ccccc4n3Cc3ccccc3F)CC2)cc1. The highest BCUT2D eigenvalue weighted by Gasteiger charge is 2.25. The monoisotopic (exact) mass is 470 g/mol. The molecular weight excluding hydrogens is 443 g/mol. The first kappa shape index (κ1) is 22.8. The van der Waals surface area contributed by atoms with Crippen molar-refractivity contribution < 1.29 is 14.0 Å². The molecule has 1 aliphatic rings. The van der Waals surface area contributed by atoms with Gasteiger partial charge in [-0.3, -0.25) is 14.5 Å². The number of piperazine rings is 1. The summed E-state index contributed by atoms with van der Waals surface area (Å²) in [6.45, 7) is 3.75. The van der Waals surface area contributed by atoms with Gasteiger partial charge in [-0.2, -0.15) is 0 Å². The van der Waals surface area contributed by atoms with Crippen LogP contribution in [0.3, 0.4) is 0 Å². The molecule has 35 heavy (non-hydrogen) atoms. The fourth-order valence-corrected chi connectivity index (χ4v) is 4.66. The van der Waals surface area contributed by atoms with Crippen LogP contribution in [0.1, 0.15) is 32.0 Å². The molecule has 3 aromatic carbocycles. The molecule has 1 aromatic heterocycles. The van der Waals surface area contributed by atoms with Crippen LogP contribution in [0.2, 0.25) is 0 Å². The molecule has 1 fully saturated rings. The molecule has 2 amide bonds. The summed E-state index contributed by atoms with van der Waals surface area (Å²) in [6, 6.07) is 23.7. The number of nitrogens with zero attached hydrogens (tertiary/aromatic N) is 3. The first-order valence-corrected chi connectivity index (χ1v) is 11.7. The van der Waals surface area contributed by atoms with E-state index in [1.807, 2.05) is 58.0 Å². The van der Waals surface area contributed by atoms with Crippen molar-refractivity contribution in [2.24, 2.45) is 5.73 Å². The van der Waals surface area contributed by atoms with Crippen LogP contribution < -0.4 is 5.73 Å². The lowest BCUT2D eigenvalue weighted by molar-refractivity contribution is 0.0619. The van der Waals surface area contributed by atoms with Crippen LogP contribution >= 0.6 is 0 Å². The summed E-state index contributed by atoms with van der Waals surface area (Å²) >= 11 is 0. The standard InChI is InChI=1S/C28H27FN4O2/c29-24-7-3-1-6-23(24)19-33-25-8-4-2-5-22(25)17-26(33)28(35)32-15-13-31(14-16-32)18-20-9-11-21(12-10-20)27(30)34/h1-12,17H,13-16,18-19H2,(H2,30,34). The molecule has 1 aliphatic heterocycles. The van der Waals surface area contributed by atoms with Crippen LogP contribution in [0.25, 0.3) is 10.9 Å². The van der Waals surface area contributed by atoms with Gasteiger partial charge in [-0.05, 0) is 35.9 Å². The van der Waals surface area contributed by atoms with Gasteiger partial charge in [0.25, 0.3) is 5.91 Å². The Morgan fingerprint density at radius 3 is 2.23 bits per heavy atom. The molecule has 7 heteroatoms. The molecule has 2 heterocycles. The predicted octanol–water partition coefficient (Wildman–Crippen LogP) is 3.89. The number of benzene rings is 3. The second-order valence-electron chi connectivity index (χ2n) is 8.90. The Bertz CT molecular complexity index is 1370. The van der Waals surface area contributed by atoms with Gasteiger partial charge in [-0.15, -0.1) is 0 Å². The lowest BCUT2D eigenvalue weighted by Gasteiger charge is -2.35. The summed E-state index contributed by atoms with van der Waals surface area (Å²) < 4.78 is 16.3. The zero-order valence-electron chi connectivity index (χ0n) is 19.4. The smallest absolute Gasteiger partial charge is 0.270 e. The van der Waals surface area contributed by atoms with Gasteiger partial charge in [0.2, 0.25) is 5.91 Å². The van der Waals surface area contributed by atoms with Crippen LogP contribution in [0, 0.1) is 5.82 Å². The minimum Gasteiger partial charge on any atom is -0.366 e. The van der Waals surface area contributed by atoms with Crippen molar-refractivity contribution in [2.45, 2.75) is 13.1 Å². The van der Waals surface area contributed by atoms with Crippen molar-refractivity contribution in [3.05, 3.63) is 107 Å². The molecule has 2 N–H and O–H groups in total. The first-order chi connectivity index (χ1) is 17.0. The predicted molar refractivity (Wildman–Crippen MR) is 134 cm³/mol. The van der Waals surface area contributed by atoms with Crippen molar-refractivity contribution in [3.8, 4) is 0 Å². The Morgan fingerprint density at radius 2 is 1.51 bits per heavy atom. The minimum absolute atomic E-state index is 0.0389. The first-order valence-electron chi connectivity index (χ1n) is 11.7. The average Bonchev–Trinajstić information content (AvgIpc) is 3.24. The van der Waals surface area contributed by atoms with E-state index >= 15 is 0 Å². The third kappa shape index (κ3) is 4.81. The number of hydrogen-bond donors (Lipinski definition) is 1. The number of carbonyl (C=O) groups excluding carboxylic acids is 2. The van der Waals surface area contributed by atoms with E-state index in [9.17, 15) is 14.0 Å². The number of carbonyl (C=O) groups is 2. The topological polar surface area (TPSA) is 71.6 Å². The zero-order valence-corrected chi connectivity index (χ0v) is 19.4. The summed E-state index contributed by atoms with van der Waals surface area (Å²) in [4.78, 5) is 29.0. The number of rotatable bonds is 6. The molecule has 6 nitrogen and oxygen atoms in total. The van der Waals surface area contributed by atoms with Gasteiger partial charge >= 0.3 is 0 Å². The van der Waals surface area contributed by atoms with E-state index < -0.39 is 5.91 Å². The van der Waals surface area contributed by atoms with Gasteiger partial charge in [0.1, 0.15) is 11.5 Å². The van der Waals surface area contributed by atoms with Gasteiger partial charge in [0, 0.05) is 54.8 Å². The van der Waals surface area contributed by atoms with E-state index in [2.05, 4.69) is 4.90 Å². The van der Waals surface area contributed by atoms with Crippen LogP contribution in [0.4, 0.5) is 4.39 Å². The molecule has 0 unspecified atom stereocenters. The van der Waals surface area contributed by atoms with Gasteiger partial charge in [-0.1, -0.05) is 48.5 Å². The van der Waals surface area contributed by atoms with Crippen molar-refractivity contribution in [3.63, 3.8) is 0 Å². The average molecular weight is 471 g/mol. The van der Waals surface area contributed by atoms with E-state index in [1.54, 1.807) is 24.3 Å². The Kier molecular flexibility index (Phi) is 6.33. The maximum absolute atomic E-state index is 14.4. The molecular formula is C28H27FN4O2. The number of halogens is 1. The molecule has 0 aliphatic carbocycles. The number of primary amides is 1. The maximum Gasteiger partial charge on any atom is 0.270 e. The fraction of sp³-hybridized carbons (Fsp3) is 0.214. The van der Waals surface area contributed by atoms with Gasteiger partial charge in [-0.25, -0.2) is 4.39 Å². The van der Waals surface area contributed by atoms with Crippen LogP contribution in [-0.2, 0) is 13.1 Å². The second-order valence-corrected chi connectivity index (χ2v) is 8.90. The summed E-state index contributed by atoms with van der Waals surface area (Å²) in [7, 11) is 0. The summed E-state index contributed by atoms with van der Waals surface area (Å²) in [5.74, 6) is -0.750. The van der Waals surface area contributed by atoms with Gasteiger partial charge in [0.15, 0.2) is 0 Å². The lowest BCUT2D eigenvalue weighted by atomic mass is 10.1.